The Morgan fingerprint density at radius 3 is 1.18 bits per heavy atom. The fourth-order valence-corrected chi connectivity index (χ4v) is 4.51. The standard InChI is InChI=1S/C20H14F8N12O2S2/c1-39-19(33-35-37-39)43-3-5(41)29-31-17-13(25)9(21)7(10(22)14(17)26)8-11(23)15(27)18(16(28)12(8)24)32-30-6(42)4-44-20-34-36-38-40(20)2/h31-32H,3-4H2,1-2H3,(H,29,41)(H,30,42). The summed E-state index contributed by atoms with van der Waals surface area (Å²) in [5, 5.41) is 21.1. The van der Waals surface area contributed by atoms with Gasteiger partial charge in [-0.25, -0.2) is 44.5 Å². The summed E-state index contributed by atoms with van der Waals surface area (Å²) in [6, 6.07) is 0. The maximum absolute atomic E-state index is 14.9. The second-order valence-corrected chi connectivity index (χ2v) is 9.99. The molecule has 0 fully saturated rings. The number of anilines is 2. The monoisotopic (exact) mass is 670 g/mol. The maximum Gasteiger partial charge on any atom is 0.248 e. The number of halogens is 8. The molecule has 2 aromatic heterocycles. The summed E-state index contributed by atoms with van der Waals surface area (Å²) in [5.74, 6) is -22.0. The van der Waals surface area contributed by atoms with E-state index in [1.165, 1.54) is 23.5 Å². The van der Waals surface area contributed by atoms with Crippen LogP contribution in [-0.4, -0.2) is 63.7 Å². The molecule has 0 radical (unpaired) electrons. The van der Waals surface area contributed by atoms with Gasteiger partial charge in [-0.3, -0.25) is 31.3 Å². The molecular formula is C20H14F8N12O2S2. The number of rotatable bonds is 11. The van der Waals surface area contributed by atoms with Gasteiger partial charge >= 0.3 is 0 Å². The molecule has 0 aliphatic heterocycles. The summed E-state index contributed by atoms with van der Waals surface area (Å²) in [4.78, 5) is 23.9. The molecule has 0 saturated heterocycles. The van der Waals surface area contributed by atoms with Crippen LogP contribution in [0.5, 0.6) is 0 Å². The second kappa shape index (κ2) is 13.3. The number of hydrogen-bond acceptors (Lipinski definition) is 12. The molecule has 0 saturated carbocycles. The number of carbonyl (C=O) groups is 2. The molecule has 0 spiro atoms. The third kappa shape index (κ3) is 6.43. The van der Waals surface area contributed by atoms with Gasteiger partial charge in [0, 0.05) is 14.1 Å². The number of carbonyl (C=O) groups excluding carboxylic acids is 2. The highest BCUT2D eigenvalue weighted by atomic mass is 32.2. The number of thioether (sulfide) groups is 2. The van der Waals surface area contributed by atoms with Crippen molar-refractivity contribution in [2.75, 3.05) is 22.4 Å². The number of hydrazine groups is 2. The summed E-state index contributed by atoms with van der Waals surface area (Å²) in [6.07, 6.45) is 0. The number of nitrogens with zero attached hydrogens (tertiary/aromatic N) is 8. The van der Waals surface area contributed by atoms with Crippen molar-refractivity contribution in [1.29, 1.82) is 0 Å². The summed E-state index contributed by atoms with van der Waals surface area (Å²) < 4.78 is 121. The lowest BCUT2D eigenvalue weighted by atomic mass is 10.00. The lowest BCUT2D eigenvalue weighted by Gasteiger charge is -2.17. The Morgan fingerprint density at radius 1 is 0.591 bits per heavy atom. The van der Waals surface area contributed by atoms with Gasteiger partial charge in [0.15, 0.2) is 46.5 Å². The van der Waals surface area contributed by atoms with Crippen molar-refractivity contribution < 1.29 is 44.7 Å². The minimum atomic E-state index is -2.47. The van der Waals surface area contributed by atoms with Crippen molar-refractivity contribution in [3.8, 4) is 11.1 Å². The molecule has 0 aliphatic carbocycles. The van der Waals surface area contributed by atoms with Crippen LogP contribution in [0.4, 0.5) is 46.5 Å². The summed E-state index contributed by atoms with van der Waals surface area (Å²) >= 11 is 1.55. The Kier molecular flexibility index (Phi) is 9.71. The van der Waals surface area contributed by atoms with Crippen molar-refractivity contribution in [2.24, 2.45) is 14.1 Å². The van der Waals surface area contributed by atoms with E-state index < -0.39 is 92.4 Å². The highest BCUT2D eigenvalue weighted by Gasteiger charge is 2.34. The molecule has 4 aromatic rings. The fraction of sp³-hybridized carbons (Fsp3) is 0.200. The van der Waals surface area contributed by atoms with Crippen molar-refractivity contribution in [3.05, 3.63) is 46.5 Å². The average molecular weight is 671 g/mol. The Hall–Kier alpha value is -4.74. The second-order valence-electron chi connectivity index (χ2n) is 8.11. The summed E-state index contributed by atoms with van der Waals surface area (Å²) in [7, 11) is 2.90. The van der Waals surface area contributed by atoms with Crippen LogP contribution < -0.4 is 21.7 Å². The molecule has 0 unspecified atom stereocenters. The Labute approximate surface area is 247 Å². The van der Waals surface area contributed by atoms with E-state index in [9.17, 15) is 44.7 Å². The zero-order chi connectivity index (χ0) is 32.3. The lowest BCUT2D eigenvalue weighted by molar-refractivity contribution is -0.118. The fourth-order valence-electron chi connectivity index (χ4n) is 3.21. The molecule has 14 nitrogen and oxygen atoms in total. The molecule has 0 bridgehead atoms. The van der Waals surface area contributed by atoms with Gasteiger partial charge in [-0.05, 0) is 20.9 Å². The number of nitrogens with one attached hydrogen (secondary N) is 4. The molecule has 0 aliphatic rings. The van der Waals surface area contributed by atoms with E-state index in [4.69, 9.17) is 0 Å². The minimum absolute atomic E-state index is 0.168. The molecule has 2 aromatic carbocycles. The predicted molar refractivity (Wildman–Crippen MR) is 134 cm³/mol. The Morgan fingerprint density at radius 2 is 0.909 bits per heavy atom. The first-order valence-corrected chi connectivity index (χ1v) is 13.3. The zero-order valence-electron chi connectivity index (χ0n) is 21.6. The van der Waals surface area contributed by atoms with Gasteiger partial charge in [0.25, 0.3) is 0 Å². The summed E-state index contributed by atoms with van der Waals surface area (Å²) in [5.41, 5.74) is -0.879. The van der Waals surface area contributed by atoms with E-state index in [0.29, 0.717) is 0 Å². The molecule has 2 heterocycles. The first kappa shape index (κ1) is 32.2. The number of aryl methyl sites for hydroxylation is 2. The molecular weight excluding hydrogens is 656 g/mol. The molecule has 4 N–H and O–H groups in total. The maximum atomic E-state index is 14.9. The predicted octanol–water partition coefficient (Wildman–Crippen LogP) is 1.98. The van der Waals surface area contributed by atoms with E-state index in [1.54, 1.807) is 21.7 Å². The third-order valence-electron chi connectivity index (χ3n) is 5.26. The Bertz CT molecular complexity index is 1570. The molecule has 234 valence electrons. The van der Waals surface area contributed by atoms with E-state index in [0.717, 1.165) is 23.5 Å². The number of hydrogen-bond donors (Lipinski definition) is 4. The van der Waals surface area contributed by atoms with Crippen LogP contribution in [0.3, 0.4) is 0 Å². The van der Waals surface area contributed by atoms with E-state index >= 15 is 0 Å². The number of amides is 2. The lowest BCUT2D eigenvalue weighted by Crippen LogP contribution is -2.32. The minimum Gasteiger partial charge on any atom is -0.293 e. The molecule has 0 atom stereocenters. The normalized spacial score (nSPS) is 11.0. The largest absolute Gasteiger partial charge is 0.293 e. The average Bonchev–Trinajstić information content (AvgIpc) is 3.61. The van der Waals surface area contributed by atoms with Gasteiger partial charge < -0.3 is 0 Å². The van der Waals surface area contributed by atoms with Crippen LogP contribution in [0, 0.1) is 46.5 Å². The molecule has 2 amide bonds. The van der Waals surface area contributed by atoms with Gasteiger partial charge in [0.1, 0.15) is 11.4 Å². The van der Waals surface area contributed by atoms with E-state index in [2.05, 4.69) is 31.1 Å². The number of tetrazole rings is 2. The molecule has 44 heavy (non-hydrogen) atoms. The van der Waals surface area contributed by atoms with Gasteiger partial charge in [0.2, 0.25) is 22.1 Å². The smallest absolute Gasteiger partial charge is 0.248 e. The van der Waals surface area contributed by atoms with Crippen molar-refractivity contribution in [2.45, 2.75) is 10.3 Å². The van der Waals surface area contributed by atoms with Gasteiger partial charge in [-0.15, -0.1) is 10.2 Å². The Balaban J connectivity index is 1.54. The van der Waals surface area contributed by atoms with Crippen LogP contribution >= 0.6 is 23.5 Å². The third-order valence-corrected chi connectivity index (χ3v) is 7.28. The quantitative estimate of drug-likeness (QED) is 0.0794. The van der Waals surface area contributed by atoms with Gasteiger partial charge in [-0.1, -0.05) is 23.5 Å². The first-order chi connectivity index (χ1) is 20.8. The van der Waals surface area contributed by atoms with Crippen molar-refractivity contribution in [1.82, 2.24) is 51.3 Å². The van der Waals surface area contributed by atoms with Crippen LogP contribution in [0.25, 0.3) is 11.1 Å². The topological polar surface area (TPSA) is 169 Å². The number of aromatic nitrogens is 8. The molecule has 24 heteroatoms. The molecule has 4 rings (SSSR count). The van der Waals surface area contributed by atoms with Gasteiger partial charge in [-0.2, -0.15) is 0 Å². The highest BCUT2D eigenvalue weighted by molar-refractivity contribution is 8.00. The van der Waals surface area contributed by atoms with Crippen molar-refractivity contribution >= 4 is 46.7 Å². The van der Waals surface area contributed by atoms with Gasteiger partial charge in [0.05, 0.1) is 22.6 Å². The van der Waals surface area contributed by atoms with Crippen LogP contribution in [0.15, 0.2) is 10.3 Å². The summed E-state index contributed by atoms with van der Waals surface area (Å²) in [6.45, 7) is 0. The van der Waals surface area contributed by atoms with Crippen LogP contribution in [0.2, 0.25) is 0 Å². The van der Waals surface area contributed by atoms with E-state index in [1.807, 2.05) is 0 Å². The zero-order valence-corrected chi connectivity index (χ0v) is 23.3. The van der Waals surface area contributed by atoms with Crippen LogP contribution in [-0.2, 0) is 23.7 Å². The van der Waals surface area contributed by atoms with Crippen LogP contribution in [0.1, 0.15) is 0 Å². The van der Waals surface area contributed by atoms with Crippen molar-refractivity contribution in [3.63, 3.8) is 0 Å². The number of benzene rings is 2. The SMILES string of the molecule is Cn1nnnc1SCC(=O)NNc1c(F)c(F)c(-c2c(F)c(F)c(NNC(=O)CSc3nnnn3C)c(F)c2F)c(F)c1F. The van der Waals surface area contributed by atoms with E-state index in [-0.39, 0.29) is 10.3 Å². The first-order valence-electron chi connectivity index (χ1n) is 11.4. The highest BCUT2D eigenvalue weighted by Crippen LogP contribution is 2.40.